The van der Waals surface area contributed by atoms with Crippen LogP contribution >= 0.6 is 0 Å². The normalized spacial score (nSPS) is 54.7. The fourth-order valence-corrected chi connectivity index (χ4v) is 4.63. The summed E-state index contributed by atoms with van der Waals surface area (Å²) < 4.78 is 11.5. The lowest BCUT2D eigenvalue weighted by atomic mass is 9.69. The van der Waals surface area contributed by atoms with E-state index in [0.29, 0.717) is 29.8 Å². The molecule has 2 nitrogen and oxygen atoms in total. The maximum absolute atomic E-state index is 5.82. The van der Waals surface area contributed by atoms with Crippen LogP contribution in [0.5, 0.6) is 0 Å². The van der Waals surface area contributed by atoms with Crippen molar-refractivity contribution in [2.45, 2.75) is 76.8 Å². The molecule has 0 radical (unpaired) electrons. The van der Waals surface area contributed by atoms with Gasteiger partial charge in [-0.05, 0) is 55.8 Å². The van der Waals surface area contributed by atoms with Crippen molar-refractivity contribution in [1.29, 1.82) is 0 Å². The summed E-state index contributed by atoms with van der Waals surface area (Å²) in [6, 6.07) is 0. The Morgan fingerprint density at radius 3 is 2.53 bits per heavy atom. The third-order valence-corrected chi connectivity index (χ3v) is 5.51. The monoisotopic (exact) mass is 236 g/mol. The van der Waals surface area contributed by atoms with Crippen LogP contribution in [-0.4, -0.2) is 24.4 Å². The number of fused-ring (bicyclic) bond motifs is 2. The molecule has 2 aliphatic heterocycles. The Kier molecular flexibility index (Phi) is 2.21. The van der Waals surface area contributed by atoms with Crippen molar-refractivity contribution in [2.24, 2.45) is 17.3 Å². The molecule has 0 spiro atoms. The van der Waals surface area contributed by atoms with Gasteiger partial charge in [0.2, 0.25) is 0 Å². The van der Waals surface area contributed by atoms with Gasteiger partial charge in [0.25, 0.3) is 0 Å². The predicted octanol–water partition coefficient (Wildman–Crippen LogP) is 3.15. The average molecular weight is 236 g/mol. The molecule has 4 fully saturated rings. The highest BCUT2D eigenvalue weighted by molar-refractivity contribution is 5.03. The average Bonchev–Trinajstić information content (AvgIpc) is 3.07. The Morgan fingerprint density at radius 2 is 1.76 bits per heavy atom. The SMILES string of the molecule is CC1(C)CC(CC2CCC3OC3C2)CC2OC21. The van der Waals surface area contributed by atoms with E-state index < -0.39 is 0 Å². The molecule has 2 saturated carbocycles. The number of ether oxygens (including phenoxy) is 2. The van der Waals surface area contributed by atoms with Gasteiger partial charge in [-0.1, -0.05) is 13.8 Å². The first-order valence-electron chi connectivity index (χ1n) is 7.43. The van der Waals surface area contributed by atoms with E-state index in [9.17, 15) is 0 Å². The molecular weight excluding hydrogens is 212 g/mol. The van der Waals surface area contributed by atoms with Gasteiger partial charge in [0.15, 0.2) is 0 Å². The van der Waals surface area contributed by atoms with Crippen LogP contribution in [0.4, 0.5) is 0 Å². The standard InChI is InChI=1S/C15H24O2/c1-15(2)8-10(7-13-14(15)17-13)5-9-3-4-11-12(6-9)16-11/h9-14H,3-8H2,1-2H3. The molecule has 6 atom stereocenters. The molecule has 0 aromatic heterocycles. The molecule has 96 valence electrons. The minimum atomic E-state index is 0.431. The molecule has 0 bridgehead atoms. The first kappa shape index (κ1) is 10.8. The second kappa shape index (κ2) is 3.48. The Balaban J connectivity index is 1.36. The summed E-state index contributed by atoms with van der Waals surface area (Å²) in [4.78, 5) is 0. The van der Waals surface area contributed by atoms with E-state index in [4.69, 9.17) is 9.47 Å². The predicted molar refractivity (Wildman–Crippen MR) is 65.8 cm³/mol. The molecule has 4 rings (SSSR count). The fourth-order valence-electron chi connectivity index (χ4n) is 4.63. The smallest absolute Gasteiger partial charge is 0.0892 e. The van der Waals surface area contributed by atoms with E-state index in [1.807, 2.05) is 0 Å². The quantitative estimate of drug-likeness (QED) is 0.688. The van der Waals surface area contributed by atoms with Gasteiger partial charge in [-0.3, -0.25) is 0 Å². The van der Waals surface area contributed by atoms with Crippen LogP contribution in [0, 0.1) is 17.3 Å². The van der Waals surface area contributed by atoms with Gasteiger partial charge in [-0.25, -0.2) is 0 Å². The first-order chi connectivity index (χ1) is 8.12. The molecule has 0 aromatic rings. The minimum absolute atomic E-state index is 0.431. The van der Waals surface area contributed by atoms with Gasteiger partial charge in [0.05, 0.1) is 24.4 Å². The number of rotatable bonds is 2. The minimum Gasteiger partial charge on any atom is -0.370 e. The van der Waals surface area contributed by atoms with E-state index in [-0.39, 0.29) is 0 Å². The highest BCUT2D eigenvalue weighted by Crippen LogP contribution is 2.53. The zero-order valence-electron chi connectivity index (χ0n) is 11.0. The highest BCUT2D eigenvalue weighted by Gasteiger charge is 2.55. The molecular formula is C15H24O2. The molecule has 17 heavy (non-hydrogen) atoms. The van der Waals surface area contributed by atoms with Crippen molar-refractivity contribution in [3.8, 4) is 0 Å². The van der Waals surface area contributed by atoms with E-state index in [1.165, 1.54) is 38.5 Å². The first-order valence-corrected chi connectivity index (χ1v) is 7.43. The summed E-state index contributed by atoms with van der Waals surface area (Å²) in [6.07, 6.45) is 10.7. The van der Waals surface area contributed by atoms with Gasteiger partial charge >= 0.3 is 0 Å². The largest absolute Gasteiger partial charge is 0.370 e. The highest BCUT2D eigenvalue weighted by atomic mass is 16.6. The van der Waals surface area contributed by atoms with Gasteiger partial charge in [0, 0.05) is 0 Å². The Hall–Kier alpha value is -0.0800. The van der Waals surface area contributed by atoms with Crippen LogP contribution in [0.25, 0.3) is 0 Å². The third-order valence-electron chi connectivity index (χ3n) is 5.51. The summed E-state index contributed by atoms with van der Waals surface area (Å²) in [5.41, 5.74) is 0.431. The van der Waals surface area contributed by atoms with Crippen LogP contribution in [0.2, 0.25) is 0 Å². The summed E-state index contributed by atoms with van der Waals surface area (Å²) in [5, 5.41) is 0. The Labute approximate surface area is 104 Å². The summed E-state index contributed by atoms with van der Waals surface area (Å²) >= 11 is 0. The molecule has 2 saturated heterocycles. The van der Waals surface area contributed by atoms with Crippen LogP contribution in [0.15, 0.2) is 0 Å². The van der Waals surface area contributed by atoms with Crippen molar-refractivity contribution >= 4 is 0 Å². The van der Waals surface area contributed by atoms with Crippen molar-refractivity contribution in [2.75, 3.05) is 0 Å². The number of epoxide rings is 2. The fraction of sp³-hybridized carbons (Fsp3) is 1.00. The second-order valence-electron chi connectivity index (χ2n) is 7.52. The number of hydrogen-bond donors (Lipinski definition) is 0. The topological polar surface area (TPSA) is 25.1 Å². The van der Waals surface area contributed by atoms with Gasteiger partial charge in [-0.15, -0.1) is 0 Å². The van der Waals surface area contributed by atoms with Gasteiger partial charge in [-0.2, -0.15) is 0 Å². The van der Waals surface area contributed by atoms with E-state index >= 15 is 0 Å². The Bertz CT molecular complexity index is 325. The van der Waals surface area contributed by atoms with Crippen LogP contribution < -0.4 is 0 Å². The second-order valence-corrected chi connectivity index (χ2v) is 7.52. The molecule has 6 unspecified atom stereocenters. The van der Waals surface area contributed by atoms with Crippen molar-refractivity contribution < 1.29 is 9.47 Å². The van der Waals surface area contributed by atoms with E-state index in [1.54, 1.807) is 0 Å². The maximum atomic E-state index is 5.82. The van der Waals surface area contributed by atoms with Crippen LogP contribution in [0.3, 0.4) is 0 Å². The zero-order chi connectivity index (χ0) is 11.6. The molecule has 2 aliphatic carbocycles. The maximum Gasteiger partial charge on any atom is 0.0892 e. The summed E-state index contributed by atoms with van der Waals surface area (Å²) in [6.45, 7) is 4.79. The lowest BCUT2D eigenvalue weighted by molar-refractivity contribution is 0.167. The molecule has 2 heterocycles. The number of hydrogen-bond acceptors (Lipinski definition) is 2. The summed E-state index contributed by atoms with van der Waals surface area (Å²) in [7, 11) is 0. The van der Waals surface area contributed by atoms with Crippen LogP contribution in [-0.2, 0) is 9.47 Å². The van der Waals surface area contributed by atoms with Crippen molar-refractivity contribution in [1.82, 2.24) is 0 Å². The molecule has 0 aromatic carbocycles. The third kappa shape index (κ3) is 1.94. The van der Waals surface area contributed by atoms with E-state index in [0.717, 1.165) is 11.8 Å². The zero-order valence-corrected chi connectivity index (χ0v) is 11.0. The van der Waals surface area contributed by atoms with Gasteiger partial charge < -0.3 is 9.47 Å². The van der Waals surface area contributed by atoms with Crippen molar-refractivity contribution in [3.05, 3.63) is 0 Å². The lowest BCUT2D eigenvalue weighted by Crippen LogP contribution is -2.32. The molecule has 0 amide bonds. The van der Waals surface area contributed by atoms with E-state index in [2.05, 4.69) is 13.8 Å². The van der Waals surface area contributed by atoms with Crippen LogP contribution in [0.1, 0.15) is 52.4 Å². The summed E-state index contributed by atoms with van der Waals surface area (Å²) in [5.74, 6) is 1.85. The van der Waals surface area contributed by atoms with Gasteiger partial charge in [0.1, 0.15) is 0 Å². The molecule has 0 N–H and O–H groups in total. The Morgan fingerprint density at radius 1 is 0.941 bits per heavy atom. The molecule has 2 heteroatoms. The molecule has 4 aliphatic rings. The lowest BCUT2D eigenvalue weighted by Gasteiger charge is -2.34. The van der Waals surface area contributed by atoms with Crippen molar-refractivity contribution in [3.63, 3.8) is 0 Å².